The van der Waals surface area contributed by atoms with Crippen molar-refractivity contribution in [3.8, 4) is 0 Å². The average Bonchev–Trinajstić information content (AvgIpc) is 2.42. The number of aromatic nitrogens is 1. The van der Waals surface area contributed by atoms with Gasteiger partial charge in [0.2, 0.25) is 5.91 Å². The third kappa shape index (κ3) is 3.94. The summed E-state index contributed by atoms with van der Waals surface area (Å²) < 4.78 is 0. The fourth-order valence-electron chi connectivity index (χ4n) is 1.65. The summed E-state index contributed by atoms with van der Waals surface area (Å²) in [5.41, 5.74) is 0. The Bertz CT molecular complexity index is 567. The summed E-state index contributed by atoms with van der Waals surface area (Å²) in [6.07, 6.45) is 1.22. The van der Waals surface area contributed by atoms with Crippen LogP contribution >= 0.6 is 11.8 Å². The van der Waals surface area contributed by atoms with E-state index in [1.807, 2.05) is 30.3 Å². The number of hydrogen-bond donors (Lipinski definition) is 2. The molecule has 2 aromatic rings. The molecule has 2 rings (SSSR count). The van der Waals surface area contributed by atoms with E-state index in [2.05, 4.69) is 10.3 Å². The molecule has 0 spiro atoms. The number of nitrogens with zero attached hydrogens (tertiary/aromatic N) is 1. The second kappa shape index (κ2) is 6.54. The summed E-state index contributed by atoms with van der Waals surface area (Å²) in [4.78, 5) is 15.9. The van der Waals surface area contributed by atoms with Crippen LogP contribution < -0.4 is 5.32 Å². The molecule has 2 N–H and O–H groups in total. The van der Waals surface area contributed by atoms with E-state index in [0.717, 1.165) is 15.8 Å². The van der Waals surface area contributed by atoms with E-state index in [4.69, 9.17) is 5.11 Å². The molecule has 1 aromatic carbocycles. The van der Waals surface area contributed by atoms with Crippen molar-refractivity contribution < 1.29 is 9.90 Å². The molecule has 0 saturated carbocycles. The Balaban J connectivity index is 2.00. The Labute approximate surface area is 116 Å². The Morgan fingerprint density at radius 3 is 3.00 bits per heavy atom. The molecule has 0 saturated heterocycles. The molecule has 0 unspecified atom stereocenters. The van der Waals surface area contributed by atoms with Gasteiger partial charge in [-0.2, -0.15) is 0 Å². The lowest BCUT2D eigenvalue weighted by Gasteiger charge is -2.07. The van der Waals surface area contributed by atoms with Crippen molar-refractivity contribution >= 4 is 28.4 Å². The lowest BCUT2D eigenvalue weighted by atomic mass is 10.2. The number of thioether (sulfide) groups is 1. The molecule has 5 heteroatoms. The van der Waals surface area contributed by atoms with Gasteiger partial charge in [-0.25, -0.2) is 4.98 Å². The van der Waals surface area contributed by atoms with Crippen molar-refractivity contribution in [2.45, 2.75) is 18.1 Å². The fourth-order valence-corrected chi connectivity index (χ4v) is 2.50. The van der Waals surface area contributed by atoms with Gasteiger partial charge in [-0.15, -0.1) is 0 Å². The van der Waals surface area contributed by atoms with Gasteiger partial charge in [0.1, 0.15) is 5.03 Å². The molecule has 4 nitrogen and oxygen atoms in total. The average molecular weight is 276 g/mol. The van der Waals surface area contributed by atoms with Crippen LogP contribution in [-0.2, 0) is 4.79 Å². The van der Waals surface area contributed by atoms with Crippen LogP contribution in [0.2, 0.25) is 0 Å². The Morgan fingerprint density at radius 2 is 2.21 bits per heavy atom. The zero-order valence-electron chi connectivity index (χ0n) is 10.7. The van der Waals surface area contributed by atoms with E-state index < -0.39 is 6.10 Å². The van der Waals surface area contributed by atoms with E-state index in [-0.39, 0.29) is 12.5 Å². The van der Waals surface area contributed by atoms with Crippen molar-refractivity contribution in [3.63, 3.8) is 0 Å². The number of carbonyl (C=O) groups is 1. The Hall–Kier alpha value is -1.59. The van der Waals surface area contributed by atoms with Gasteiger partial charge in [-0.3, -0.25) is 4.79 Å². The van der Waals surface area contributed by atoms with Crippen LogP contribution in [0, 0.1) is 0 Å². The van der Waals surface area contributed by atoms with Crippen LogP contribution in [0.5, 0.6) is 0 Å². The van der Waals surface area contributed by atoms with Gasteiger partial charge in [0.05, 0.1) is 11.9 Å². The molecular formula is C14H16N2O2S. The maximum absolute atomic E-state index is 11.6. The molecular weight excluding hydrogens is 260 g/mol. The first-order valence-corrected chi connectivity index (χ1v) is 7.06. The van der Waals surface area contributed by atoms with Crippen molar-refractivity contribution in [2.75, 3.05) is 12.3 Å². The predicted molar refractivity (Wildman–Crippen MR) is 77.2 cm³/mol. The number of benzene rings is 1. The quantitative estimate of drug-likeness (QED) is 0.818. The minimum atomic E-state index is -0.523. The van der Waals surface area contributed by atoms with Crippen LogP contribution in [0.1, 0.15) is 6.92 Å². The van der Waals surface area contributed by atoms with Gasteiger partial charge in [0.15, 0.2) is 0 Å². The molecule has 100 valence electrons. The summed E-state index contributed by atoms with van der Waals surface area (Å²) in [5.74, 6) is 0.203. The highest BCUT2D eigenvalue weighted by atomic mass is 32.2. The topological polar surface area (TPSA) is 62.2 Å². The van der Waals surface area contributed by atoms with E-state index >= 15 is 0 Å². The summed E-state index contributed by atoms with van der Waals surface area (Å²) in [6.45, 7) is 1.92. The lowest BCUT2D eigenvalue weighted by Crippen LogP contribution is -2.31. The van der Waals surface area contributed by atoms with Gasteiger partial charge < -0.3 is 10.4 Å². The number of aliphatic hydroxyl groups excluding tert-OH is 1. The van der Waals surface area contributed by atoms with E-state index in [1.54, 1.807) is 13.1 Å². The molecule has 0 aliphatic heterocycles. The summed E-state index contributed by atoms with van der Waals surface area (Å²) in [5, 5.41) is 14.8. The molecule has 19 heavy (non-hydrogen) atoms. The second-order valence-corrected chi connectivity index (χ2v) is 5.24. The first-order valence-electron chi connectivity index (χ1n) is 6.08. The molecule has 1 heterocycles. The third-order valence-electron chi connectivity index (χ3n) is 2.57. The number of aliphatic hydroxyl groups is 1. The minimum Gasteiger partial charge on any atom is -0.392 e. The highest BCUT2D eigenvalue weighted by Gasteiger charge is 2.07. The SMILES string of the molecule is C[C@@H](O)CNC(=O)CSc1nccc2ccccc12. The molecule has 1 amide bonds. The first-order chi connectivity index (χ1) is 9.16. The number of pyridine rings is 1. The standard InChI is InChI=1S/C14H16N2O2S/c1-10(17)8-16-13(18)9-19-14-12-5-3-2-4-11(12)6-7-15-14/h2-7,10,17H,8-9H2,1H3,(H,16,18)/t10-/m1/s1. The Kier molecular flexibility index (Phi) is 4.76. The number of rotatable bonds is 5. The molecule has 1 atom stereocenters. The van der Waals surface area contributed by atoms with Gasteiger partial charge >= 0.3 is 0 Å². The first kappa shape index (κ1) is 13.8. The maximum Gasteiger partial charge on any atom is 0.230 e. The van der Waals surface area contributed by atoms with Crippen molar-refractivity contribution in [3.05, 3.63) is 36.5 Å². The molecule has 0 aliphatic rings. The number of hydrogen-bond acceptors (Lipinski definition) is 4. The second-order valence-electron chi connectivity index (χ2n) is 4.28. The largest absolute Gasteiger partial charge is 0.392 e. The van der Waals surface area contributed by atoms with Crippen molar-refractivity contribution in [1.29, 1.82) is 0 Å². The van der Waals surface area contributed by atoms with Crippen LogP contribution in [0.15, 0.2) is 41.6 Å². The van der Waals surface area contributed by atoms with Gasteiger partial charge in [-0.1, -0.05) is 36.0 Å². The number of amides is 1. The number of nitrogens with one attached hydrogen (secondary N) is 1. The van der Waals surface area contributed by atoms with Crippen LogP contribution in [-0.4, -0.2) is 34.4 Å². The van der Waals surface area contributed by atoms with Gasteiger partial charge in [-0.05, 0) is 18.4 Å². The summed E-state index contributed by atoms with van der Waals surface area (Å²) in [7, 11) is 0. The van der Waals surface area contributed by atoms with E-state index in [0.29, 0.717) is 5.75 Å². The predicted octanol–water partition coefficient (Wildman–Crippen LogP) is 1.82. The molecule has 0 bridgehead atoms. The molecule has 0 radical (unpaired) electrons. The highest BCUT2D eigenvalue weighted by Crippen LogP contribution is 2.24. The molecule has 1 aromatic heterocycles. The minimum absolute atomic E-state index is 0.0966. The number of fused-ring (bicyclic) bond motifs is 1. The highest BCUT2D eigenvalue weighted by molar-refractivity contribution is 8.00. The third-order valence-corrected chi connectivity index (χ3v) is 3.58. The van der Waals surface area contributed by atoms with E-state index in [1.165, 1.54) is 11.8 Å². The molecule has 0 fully saturated rings. The monoisotopic (exact) mass is 276 g/mol. The smallest absolute Gasteiger partial charge is 0.230 e. The fraction of sp³-hybridized carbons (Fsp3) is 0.286. The summed E-state index contributed by atoms with van der Waals surface area (Å²) >= 11 is 1.40. The van der Waals surface area contributed by atoms with E-state index in [9.17, 15) is 4.79 Å². The normalized spacial score (nSPS) is 12.3. The van der Waals surface area contributed by atoms with Crippen molar-refractivity contribution in [1.82, 2.24) is 10.3 Å². The zero-order valence-corrected chi connectivity index (χ0v) is 11.5. The Morgan fingerprint density at radius 1 is 1.42 bits per heavy atom. The lowest BCUT2D eigenvalue weighted by molar-refractivity contribution is -0.118. The summed E-state index contributed by atoms with van der Waals surface area (Å²) in [6, 6.07) is 9.91. The van der Waals surface area contributed by atoms with Crippen LogP contribution in [0.25, 0.3) is 10.8 Å². The van der Waals surface area contributed by atoms with Crippen LogP contribution in [0.3, 0.4) is 0 Å². The molecule has 0 aliphatic carbocycles. The van der Waals surface area contributed by atoms with Crippen molar-refractivity contribution in [2.24, 2.45) is 0 Å². The number of carbonyl (C=O) groups excluding carboxylic acids is 1. The van der Waals surface area contributed by atoms with Crippen LogP contribution in [0.4, 0.5) is 0 Å². The van der Waals surface area contributed by atoms with Gasteiger partial charge in [0, 0.05) is 18.1 Å². The maximum atomic E-state index is 11.6. The zero-order chi connectivity index (χ0) is 13.7. The van der Waals surface area contributed by atoms with Gasteiger partial charge in [0.25, 0.3) is 0 Å².